The average molecular weight is 424 g/mol. The lowest BCUT2D eigenvalue weighted by Gasteiger charge is -2.32. The molecular weight excluding hydrogens is 399 g/mol. The van der Waals surface area contributed by atoms with E-state index in [4.69, 9.17) is 0 Å². The Kier molecular flexibility index (Phi) is 5.39. The van der Waals surface area contributed by atoms with Crippen LogP contribution in [0.15, 0.2) is 42.5 Å². The molecule has 0 bridgehead atoms. The summed E-state index contributed by atoms with van der Waals surface area (Å²) in [5.41, 5.74) is 4.13. The number of amides is 4. The Hall–Kier alpha value is -3.42. The summed E-state index contributed by atoms with van der Waals surface area (Å²) in [7, 11) is 0. The minimum Gasteiger partial charge on any atom is -0.360 e. The molecule has 2 heterocycles. The first-order valence-electron chi connectivity index (χ1n) is 10.4. The Morgan fingerprint density at radius 1 is 1.19 bits per heavy atom. The molecule has 0 aliphatic carbocycles. The summed E-state index contributed by atoms with van der Waals surface area (Å²) in [5, 5.41) is 3.46. The minimum atomic E-state index is -1.23. The highest BCUT2D eigenvalue weighted by atomic mass is 19.1. The van der Waals surface area contributed by atoms with E-state index in [9.17, 15) is 18.8 Å². The van der Waals surface area contributed by atoms with Gasteiger partial charge in [0.05, 0.1) is 12.2 Å². The van der Waals surface area contributed by atoms with E-state index < -0.39 is 23.4 Å². The first-order valence-corrected chi connectivity index (χ1v) is 10.4. The van der Waals surface area contributed by atoms with Gasteiger partial charge in [-0.15, -0.1) is 0 Å². The lowest BCUT2D eigenvalue weighted by Crippen LogP contribution is -2.51. The molecule has 2 aliphatic rings. The van der Waals surface area contributed by atoms with Crippen molar-refractivity contribution >= 4 is 23.5 Å². The second kappa shape index (κ2) is 8.02. The van der Waals surface area contributed by atoms with Crippen LogP contribution in [0.1, 0.15) is 36.5 Å². The van der Waals surface area contributed by atoms with E-state index in [2.05, 4.69) is 10.7 Å². The fraction of sp³-hybridized carbons (Fsp3) is 0.348. The first kappa shape index (κ1) is 20.8. The maximum Gasteiger partial charge on any atom is 0.344 e. The normalized spacial score (nSPS) is 20.5. The number of rotatable bonds is 5. The van der Waals surface area contributed by atoms with Gasteiger partial charge in [0, 0.05) is 6.54 Å². The van der Waals surface area contributed by atoms with E-state index in [1.165, 1.54) is 6.07 Å². The van der Waals surface area contributed by atoms with Crippen molar-refractivity contribution in [2.75, 3.05) is 18.0 Å². The van der Waals surface area contributed by atoms with Crippen LogP contribution in [-0.4, -0.2) is 35.9 Å². The van der Waals surface area contributed by atoms with Crippen LogP contribution in [0, 0.1) is 12.7 Å². The molecule has 2 aromatic rings. The zero-order chi connectivity index (χ0) is 22.2. The maximum atomic E-state index is 14.5. The summed E-state index contributed by atoms with van der Waals surface area (Å²) >= 11 is 0. The van der Waals surface area contributed by atoms with Gasteiger partial charge in [0.15, 0.2) is 0 Å². The predicted octanol–water partition coefficient (Wildman–Crippen LogP) is 2.78. The average Bonchev–Trinajstić information content (AvgIpc) is 3.02. The van der Waals surface area contributed by atoms with Gasteiger partial charge in [0.25, 0.3) is 11.8 Å². The van der Waals surface area contributed by atoms with E-state index in [-0.39, 0.29) is 12.4 Å². The van der Waals surface area contributed by atoms with Gasteiger partial charge in [-0.05, 0) is 48.9 Å². The number of hydrazine groups is 1. The number of halogens is 1. The summed E-state index contributed by atoms with van der Waals surface area (Å²) in [5.74, 6) is -1.48. The number of carbonyl (C=O) groups is 3. The van der Waals surface area contributed by atoms with Crippen LogP contribution in [0.3, 0.4) is 0 Å². The van der Waals surface area contributed by atoms with Gasteiger partial charge < -0.3 is 10.2 Å². The molecule has 4 amide bonds. The topological polar surface area (TPSA) is 81.8 Å². The fourth-order valence-electron chi connectivity index (χ4n) is 4.45. The number of anilines is 1. The zero-order valence-electron chi connectivity index (χ0n) is 17.6. The Bertz CT molecular complexity index is 1040. The number of urea groups is 1. The van der Waals surface area contributed by atoms with Gasteiger partial charge in [0.1, 0.15) is 11.4 Å². The largest absolute Gasteiger partial charge is 0.360 e. The second-order valence-corrected chi connectivity index (χ2v) is 7.95. The van der Waals surface area contributed by atoms with E-state index in [0.717, 1.165) is 29.0 Å². The maximum absolute atomic E-state index is 14.5. The van der Waals surface area contributed by atoms with Gasteiger partial charge >= 0.3 is 6.03 Å². The fourth-order valence-corrected chi connectivity index (χ4v) is 4.45. The molecular formula is C23H25FN4O3. The van der Waals surface area contributed by atoms with Crippen molar-refractivity contribution in [2.45, 2.75) is 38.6 Å². The third-order valence-electron chi connectivity index (χ3n) is 6.10. The molecule has 1 unspecified atom stereocenters. The van der Waals surface area contributed by atoms with Crippen LogP contribution in [0.2, 0.25) is 0 Å². The lowest BCUT2D eigenvalue weighted by atomic mass is 9.87. The monoisotopic (exact) mass is 424 g/mol. The third-order valence-corrected chi connectivity index (χ3v) is 6.10. The van der Waals surface area contributed by atoms with Gasteiger partial charge in [-0.1, -0.05) is 43.3 Å². The summed E-state index contributed by atoms with van der Waals surface area (Å²) in [6.07, 6.45) is 1.87. The molecule has 162 valence electrons. The number of hydrogen-bond donors (Lipinski definition) is 2. The van der Waals surface area contributed by atoms with Gasteiger partial charge in [-0.3, -0.25) is 15.0 Å². The quantitative estimate of drug-likeness (QED) is 0.724. The molecule has 31 heavy (non-hydrogen) atoms. The molecule has 8 heteroatoms. The lowest BCUT2D eigenvalue weighted by molar-refractivity contribution is -0.139. The SMILES string of the molecule is CCC1(c2ccccc2)NC(=O)N(NC(=O)CN2CCCc3c(C)ccc(F)c32)C1=O. The number of aryl methyl sites for hydroxylation is 1. The molecule has 2 aromatic carbocycles. The number of hydrogen-bond acceptors (Lipinski definition) is 4. The molecule has 0 radical (unpaired) electrons. The van der Waals surface area contributed by atoms with Gasteiger partial charge in [-0.2, -0.15) is 5.01 Å². The van der Waals surface area contributed by atoms with Gasteiger partial charge in [0.2, 0.25) is 0 Å². The molecule has 0 aromatic heterocycles. The highest BCUT2D eigenvalue weighted by Crippen LogP contribution is 2.33. The molecule has 4 rings (SSSR count). The van der Waals surface area contributed by atoms with Crippen molar-refractivity contribution < 1.29 is 18.8 Å². The van der Waals surface area contributed by atoms with E-state index >= 15 is 0 Å². The number of nitrogens with one attached hydrogen (secondary N) is 2. The molecule has 2 N–H and O–H groups in total. The summed E-state index contributed by atoms with van der Waals surface area (Å²) < 4.78 is 14.5. The van der Waals surface area contributed by atoms with Crippen LogP contribution in [0.4, 0.5) is 14.9 Å². The Morgan fingerprint density at radius 3 is 2.65 bits per heavy atom. The zero-order valence-corrected chi connectivity index (χ0v) is 17.6. The number of carbonyl (C=O) groups excluding carboxylic acids is 3. The summed E-state index contributed by atoms with van der Waals surface area (Å²) in [6.45, 7) is 4.08. The molecule has 7 nitrogen and oxygen atoms in total. The number of nitrogens with zero attached hydrogens (tertiary/aromatic N) is 2. The molecule has 1 atom stereocenters. The van der Waals surface area contributed by atoms with E-state index in [1.807, 2.05) is 13.0 Å². The van der Waals surface area contributed by atoms with Crippen LogP contribution >= 0.6 is 0 Å². The Labute approximate surface area is 180 Å². The number of benzene rings is 2. The van der Waals surface area contributed by atoms with Crippen molar-refractivity contribution in [2.24, 2.45) is 0 Å². The Balaban J connectivity index is 1.52. The molecule has 0 saturated carbocycles. The molecule has 1 saturated heterocycles. The van der Waals surface area contributed by atoms with Crippen LogP contribution < -0.4 is 15.6 Å². The smallest absolute Gasteiger partial charge is 0.344 e. The van der Waals surface area contributed by atoms with Crippen molar-refractivity contribution in [3.8, 4) is 0 Å². The molecule has 2 aliphatic heterocycles. The van der Waals surface area contributed by atoms with Crippen molar-refractivity contribution in [1.29, 1.82) is 0 Å². The van der Waals surface area contributed by atoms with Crippen LogP contribution in [0.25, 0.3) is 0 Å². The summed E-state index contributed by atoms with van der Waals surface area (Å²) in [4.78, 5) is 40.1. The first-order chi connectivity index (χ1) is 14.9. The number of fused-ring (bicyclic) bond motifs is 1. The van der Waals surface area contributed by atoms with Gasteiger partial charge in [-0.25, -0.2) is 9.18 Å². The predicted molar refractivity (Wildman–Crippen MR) is 114 cm³/mol. The minimum absolute atomic E-state index is 0.158. The molecule has 0 spiro atoms. The standard InChI is InChI=1S/C23H25FN4O3/c1-3-23(16-8-5-4-6-9-16)21(30)28(22(31)25-23)26-19(29)14-27-13-7-10-17-15(2)11-12-18(24)20(17)27/h4-6,8-9,11-12H,3,7,10,13-14H2,1-2H3,(H,25,31)(H,26,29). The van der Waals surface area contributed by atoms with Crippen molar-refractivity contribution in [1.82, 2.24) is 15.8 Å². The summed E-state index contributed by atoms with van der Waals surface area (Å²) in [6, 6.07) is 11.4. The van der Waals surface area contributed by atoms with Crippen LogP contribution in [0.5, 0.6) is 0 Å². The highest BCUT2D eigenvalue weighted by molar-refractivity contribution is 6.08. The number of imide groups is 1. The van der Waals surface area contributed by atoms with Crippen molar-refractivity contribution in [3.05, 3.63) is 65.0 Å². The van der Waals surface area contributed by atoms with Crippen LogP contribution in [-0.2, 0) is 21.5 Å². The van der Waals surface area contributed by atoms with E-state index in [0.29, 0.717) is 24.2 Å². The Morgan fingerprint density at radius 2 is 1.94 bits per heavy atom. The second-order valence-electron chi connectivity index (χ2n) is 7.95. The van der Waals surface area contributed by atoms with E-state index in [1.54, 1.807) is 42.2 Å². The molecule has 1 fully saturated rings. The highest BCUT2D eigenvalue weighted by Gasteiger charge is 2.52. The van der Waals surface area contributed by atoms with Crippen molar-refractivity contribution in [3.63, 3.8) is 0 Å². The third kappa shape index (κ3) is 3.52.